The Morgan fingerprint density at radius 3 is 2.04 bits per heavy atom. The average molecular weight is 320 g/mol. The Kier molecular flexibility index (Phi) is 10.2. The Hall–Kier alpha value is -1.51. The number of carbonyl (C=O) groups excluding carboxylic acids is 1. The summed E-state index contributed by atoms with van der Waals surface area (Å²) in [6, 6.07) is 4.88. The Morgan fingerprint density at radius 2 is 1.52 bits per heavy atom. The molecule has 1 rings (SSSR count). The standard InChI is InChI=1S/C20H32O3/c1-3-4-5-6-7-8-9-10-11-12-15-23-18-13-14-19(17(2)21)20(22)16-18/h13-14,16,22H,3-12,15H2,1-2H3. The summed E-state index contributed by atoms with van der Waals surface area (Å²) in [5, 5.41) is 9.74. The largest absolute Gasteiger partial charge is 0.507 e. The van der Waals surface area contributed by atoms with Gasteiger partial charge in [-0.1, -0.05) is 64.7 Å². The number of phenolic OH excluding ortho intramolecular Hbond substituents is 1. The maximum atomic E-state index is 11.2. The Bertz CT molecular complexity index is 454. The first-order valence-corrected chi connectivity index (χ1v) is 9.12. The smallest absolute Gasteiger partial charge is 0.163 e. The molecular formula is C20H32O3. The summed E-state index contributed by atoms with van der Waals surface area (Å²) in [6.07, 6.45) is 13.0. The normalized spacial score (nSPS) is 10.7. The third kappa shape index (κ3) is 8.63. The molecule has 0 fully saturated rings. The molecule has 0 heterocycles. The van der Waals surface area contributed by atoms with Crippen molar-refractivity contribution < 1.29 is 14.6 Å². The third-order valence-electron chi connectivity index (χ3n) is 4.12. The number of benzene rings is 1. The van der Waals surface area contributed by atoms with Crippen molar-refractivity contribution in [2.75, 3.05) is 6.61 Å². The molecular weight excluding hydrogens is 288 g/mol. The van der Waals surface area contributed by atoms with E-state index in [0.29, 0.717) is 17.9 Å². The first-order chi connectivity index (χ1) is 11.1. The van der Waals surface area contributed by atoms with Crippen LogP contribution in [0.2, 0.25) is 0 Å². The van der Waals surface area contributed by atoms with Crippen LogP contribution in [0.5, 0.6) is 11.5 Å². The number of Topliss-reactive ketones (excluding diaryl/α,β-unsaturated/α-hetero) is 1. The summed E-state index contributed by atoms with van der Waals surface area (Å²) in [7, 11) is 0. The van der Waals surface area contributed by atoms with E-state index in [4.69, 9.17) is 4.74 Å². The molecule has 0 spiro atoms. The van der Waals surface area contributed by atoms with Crippen LogP contribution in [0.3, 0.4) is 0 Å². The highest BCUT2D eigenvalue weighted by Gasteiger charge is 2.07. The van der Waals surface area contributed by atoms with Crippen LogP contribution in [0.15, 0.2) is 18.2 Å². The average Bonchev–Trinajstić information content (AvgIpc) is 2.52. The second-order valence-corrected chi connectivity index (χ2v) is 6.27. The van der Waals surface area contributed by atoms with Gasteiger partial charge in [-0.05, 0) is 25.5 Å². The van der Waals surface area contributed by atoms with Gasteiger partial charge in [-0.2, -0.15) is 0 Å². The fourth-order valence-corrected chi connectivity index (χ4v) is 2.68. The van der Waals surface area contributed by atoms with Crippen LogP contribution in [0.4, 0.5) is 0 Å². The van der Waals surface area contributed by atoms with E-state index in [1.807, 2.05) is 0 Å². The number of phenols is 1. The van der Waals surface area contributed by atoms with Crippen molar-refractivity contribution in [3.8, 4) is 11.5 Å². The van der Waals surface area contributed by atoms with E-state index < -0.39 is 0 Å². The van der Waals surface area contributed by atoms with E-state index in [-0.39, 0.29) is 11.5 Å². The number of hydrogen-bond donors (Lipinski definition) is 1. The molecule has 0 atom stereocenters. The van der Waals surface area contributed by atoms with Gasteiger partial charge in [-0.3, -0.25) is 4.79 Å². The monoisotopic (exact) mass is 320 g/mol. The van der Waals surface area contributed by atoms with Gasteiger partial charge in [-0.15, -0.1) is 0 Å². The molecule has 130 valence electrons. The SMILES string of the molecule is CCCCCCCCCCCCOc1ccc(C(C)=O)c(O)c1. The van der Waals surface area contributed by atoms with Gasteiger partial charge >= 0.3 is 0 Å². The molecule has 0 radical (unpaired) electrons. The van der Waals surface area contributed by atoms with E-state index in [1.54, 1.807) is 12.1 Å². The number of aromatic hydroxyl groups is 1. The quantitative estimate of drug-likeness (QED) is 0.364. The minimum atomic E-state index is -0.135. The molecule has 0 bridgehead atoms. The van der Waals surface area contributed by atoms with E-state index in [9.17, 15) is 9.90 Å². The minimum Gasteiger partial charge on any atom is -0.507 e. The lowest BCUT2D eigenvalue weighted by Crippen LogP contribution is -1.99. The zero-order valence-corrected chi connectivity index (χ0v) is 14.8. The Labute approximate surface area is 141 Å². The summed E-state index contributed by atoms with van der Waals surface area (Å²) in [6.45, 7) is 4.36. The highest BCUT2D eigenvalue weighted by atomic mass is 16.5. The predicted octanol–water partition coefficient (Wildman–Crippen LogP) is 5.89. The van der Waals surface area contributed by atoms with Crippen LogP contribution in [0.1, 0.15) is 88.4 Å². The van der Waals surface area contributed by atoms with E-state index in [0.717, 1.165) is 6.42 Å². The zero-order chi connectivity index (χ0) is 16.9. The van der Waals surface area contributed by atoms with Crippen molar-refractivity contribution in [1.82, 2.24) is 0 Å². The molecule has 23 heavy (non-hydrogen) atoms. The molecule has 3 heteroatoms. The van der Waals surface area contributed by atoms with Crippen molar-refractivity contribution in [2.24, 2.45) is 0 Å². The molecule has 0 saturated carbocycles. The first kappa shape index (κ1) is 19.5. The molecule has 0 aromatic heterocycles. The summed E-state index contributed by atoms with van der Waals surface area (Å²) in [4.78, 5) is 11.2. The topological polar surface area (TPSA) is 46.5 Å². The molecule has 1 aromatic rings. The molecule has 0 amide bonds. The summed E-state index contributed by atoms with van der Waals surface area (Å²) in [5.41, 5.74) is 0.344. The fourth-order valence-electron chi connectivity index (χ4n) is 2.68. The molecule has 3 nitrogen and oxygen atoms in total. The number of ketones is 1. The van der Waals surface area contributed by atoms with Crippen LogP contribution in [-0.2, 0) is 0 Å². The number of hydrogen-bond acceptors (Lipinski definition) is 3. The van der Waals surface area contributed by atoms with Crippen LogP contribution in [-0.4, -0.2) is 17.5 Å². The van der Waals surface area contributed by atoms with Crippen molar-refractivity contribution >= 4 is 5.78 Å². The van der Waals surface area contributed by atoms with Crippen molar-refractivity contribution in [3.05, 3.63) is 23.8 Å². The van der Waals surface area contributed by atoms with Crippen molar-refractivity contribution in [2.45, 2.75) is 78.1 Å². The van der Waals surface area contributed by atoms with E-state index in [2.05, 4.69) is 6.92 Å². The van der Waals surface area contributed by atoms with Crippen LogP contribution in [0.25, 0.3) is 0 Å². The molecule has 0 aliphatic carbocycles. The van der Waals surface area contributed by atoms with E-state index >= 15 is 0 Å². The lowest BCUT2D eigenvalue weighted by molar-refractivity contribution is 0.101. The number of carbonyl (C=O) groups is 1. The van der Waals surface area contributed by atoms with E-state index in [1.165, 1.54) is 70.8 Å². The number of ether oxygens (including phenoxy) is 1. The van der Waals surface area contributed by atoms with Gasteiger partial charge in [0.1, 0.15) is 11.5 Å². The minimum absolute atomic E-state index is 0.00178. The molecule has 1 N–H and O–H groups in total. The van der Waals surface area contributed by atoms with Gasteiger partial charge in [0, 0.05) is 6.07 Å². The highest BCUT2D eigenvalue weighted by molar-refractivity contribution is 5.96. The lowest BCUT2D eigenvalue weighted by Gasteiger charge is -2.08. The predicted molar refractivity (Wildman–Crippen MR) is 95.5 cm³/mol. The molecule has 0 saturated heterocycles. The van der Waals surface area contributed by atoms with Crippen LogP contribution >= 0.6 is 0 Å². The second-order valence-electron chi connectivity index (χ2n) is 6.27. The number of rotatable bonds is 13. The van der Waals surface area contributed by atoms with Crippen LogP contribution in [0, 0.1) is 0 Å². The second kappa shape index (κ2) is 12.0. The fraction of sp³-hybridized carbons (Fsp3) is 0.650. The van der Waals surface area contributed by atoms with Gasteiger partial charge in [-0.25, -0.2) is 0 Å². The van der Waals surface area contributed by atoms with Crippen LogP contribution < -0.4 is 4.74 Å². The summed E-state index contributed by atoms with van der Waals surface area (Å²) in [5.74, 6) is 0.491. The zero-order valence-electron chi connectivity index (χ0n) is 14.8. The third-order valence-corrected chi connectivity index (χ3v) is 4.12. The number of unbranched alkanes of at least 4 members (excludes halogenated alkanes) is 9. The van der Waals surface area contributed by atoms with Gasteiger partial charge in [0.05, 0.1) is 12.2 Å². The van der Waals surface area contributed by atoms with Crippen molar-refractivity contribution in [3.63, 3.8) is 0 Å². The lowest BCUT2D eigenvalue weighted by atomic mass is 10.1. The summed E-state index contributed by atoms with van der Waals surface area (Å²) < 4.78 is 5.62. The Balaban J connectivity index is 2.03. The highest BCUT2D eigenvalue weighted by Crippen LogP contribution is 2.24. The first-order valence-electron chi connectivity index (χ1n) is 9.12. The molecule has 1 aromatic carbocycles. The maximum Gasteiger partial charge on any atom is 0.163 e. The van der Waals surface area contributed by atoms with Crippen molar-refractivity contribution in [1.29, 1.82) is 0 Å². The van der Waals surface area contributed by atoms with Gasteiger partial charge in [0.25, 0.3) is 0 Å². The maximum absolute atomic E-state index is 11.2. The van der Waals surface area contributed by atoms with Gasteiger partial charge in [0.2, 0.25) is 0 Å². The Morgan fingerprint density at radius 1 is 0.957 bits per heavy atom. The molecule has 0 aliphatic rings. The van der Waals surface area contributed by atoms with Gasteiger partial charge in [0.15, 0.2) is 5.78 Å². The summed E-state index contributed by atoms with van der Waals surface area (Å²) >= 11 is 0. The molecule has 0 unspecified atom stereocenters. The van der Waals surface area contributed by atoms with Gasteiger partial charge < -0.3 is 9.84 Å². The molecule has 0 aliphatic heterocycles.